The summed E-state index contributed by atoms with van der Waals surface area (Å²) >= 11 is 6.10. The summed E-state index contributed by atoms with van der Waals surface area (Å²) in [5, 5.41) is 10.4. The second-order valence-corrected chi connectivity index (χ2v) is 5.92. The molecule has 1 saturated heterocycles. The normalized spacial score (nSPS) is 19.5. The van der Waals surface area contributed by atoms with Gasteiger partial charge < -0.3 is 15.7 Å². The number of likely N-dealkylation sites (tertiary alicyclic amines) is 1. The number of rotatable bonds is 3. The van der Waals surface area contributed by atoms with Crippen molar-refractivity contribution in [1.82, 2.24) is 4.90 Å². The average Bonchev–Trinajstić information content (AvgIpc) is 2.80. The molecule has 2 aromatic carbocycles. The molecule has 3 rings (SSSR count). The van der Waals surface area contributed by atoms with Crippen LogP contribution in [0.4, 0.5) is 0 Å². The molecular weight excluding hydrogens is 300 g/mol. The van der Waals surface area contributed by atoms with Gasteiger partial charge in [-0.2, -0.15) is 0 Å². The first-order chi connectivity index (χ1) is 10.6. The van der Waals surface area contributed by atoms with Crippen LogP contribution in [-0.4, -0.2) is 28.5 Å². The van der Waals surface area contributed by atoms with Gasteiger partial charge in [-0.05, 0) is 41.8 Å². The van der Waals surface area contributed by atoms with E-state index in [1.165, 1.54) is 0 Å². The smallest absolute Gasteiger partial charge is 0.240 e. The molecule has 2 atom stereocenters. The Morgan fingerprint density at radius 2 is 1.86 bits per heavy atom. The lowest BCUT2D eigenvalue weighted by Crippen LogP contribution is -2.37. The fourth-order valence-electron chi connectivity index (χ4n) is 2.91. The first kappa shape index (κ1) is 14.9. The monoisotopic (exact) mass is 316 g/mol. The molecule has 0 spiro atoms. The Balaban J connectivity index is 2.08. The van der Waals surface area contributed by atoms with Crippen molar-refractivity contribution in [3.8, 4) is 5.75 Å². The van der Waals surface area contributed by atoms with Crippen LogP contribution in [0, 0.1) is 0 Å². The van der Waals surface area contributed by atoms with Crippen molar-refractivity contribution >= 4 is 17.5 Å². The van der Waals surface area contributed by atoms with Crippen LogP contribution in [0.2, 0.25) is 5.02 Å². The van der Waals surface area contributed by atoms with Gasteiger partial charge in [-0.25, -0.2) is 0 Å². The zero-order valence-electron chi connectivity index (χ0n) is 11.9. The van der Waals surface area contributed by atoms with E-state index in [2.05, 4.69) is 0 Å². The third kappa shape index (κ3) is 2.80. The van der Waals surface area contributed by atoms with E-state index in [0.717, 1.165) is 11.1 Å². The molecule has 2 aromatic rings. The van der Waals surface area contributed by atoms with Gasteiger partial charge in [0.2, 0.25) is 5.91 Å². The average molecular weight is 317 g/mol. The fourth-order valence-corrected chi connectivity index (χ4v) is 3.10. The maximum Gasteiger partial charge on any atom is 0.240 e. The van der Waals surface area contributed by atoms with E-state index in [-0.39, 0.29) is 17.7 Å². The van der Waals surface area contributed by atoms with Gasteiger partial charge in [0, 0.05) is 11.6 Å². The summed E-state index contributed by atoms with van der Waals surface area (Å²) in [7, 11) is 0. The number of hydrogen-bond acceptors (Lipinski definition) is 3. The van der Waals surface area contributed by atoms with Gasteiger partial charge in [0.05, 0.1) is 12.1 Å². The van der Waals surface area contributed by atoms with E-state index >= 15 is 0 Å². The largest absolute Gasteiger partial charge is 0.508 e. The minimum atomic E-state index is -0.459. The molecule has 1 amide bonds. The van der Waals surface area contributed by atoms with Crippen molar-refractivity contribution in [2.24, 2.45) is 5.73 Å². The molecule has 1 aliphatic heterocycles. The molecule has 3 N–H and O–H groups in total. The Kier molecular flexibility index (Phi) is 4.05. The number of aromatic hydroxyl groups is 1. The number of hydrogen-bond donors (Lipinski definition) is 2. The molecule has 22 heavy (non-hydrogen) atoms. The van der Waals surface area contributed by atoms with Gasteiger partial charge in [-0.1, -0.05) is 35.9 Å². The van der Waals surface area contributed by atoms with Crippen LogP contribution in [0.15, 0.2) is 48.5 Å². The Morgan fingerprint density at radius 1 is 1.18 bits per heavy atom. The molecule has 1 fully saturated rings. The standard InChI is InChI=1S/C17H17ClN2O2/c18-13-5-1-3-11(9-13)16(12-4-2-6-14(21)10-12)20-8-7-15(19)17(20)22/h1-6,9-10,15-16,21H,7-8,19H2/t15-,16?/m0/s1. The van der Waals surface area contributed by atoms with Gasteiger partial charge in [0.1, 0.15) is 5.75 Å². The highest BCUT2D eigenvalue weighted by Gasteiger charge is 2.35. The third-order valence-corrected chi connectivity index (χ3v) is 4.18. The Labute approximate surface area is 134 Å². The zero-order chi connectivity index (χ0) is 15.7. The summed E-state index contributed by atoms with van der Waals surface area (Å²) in [5.74, 6) is 0.0915. The summed E-state index contributed by atoms with van der Waals surface area (Å²) in [6.45, 7) is 0.590. The molecule has 114 valence electrons. The number of nitrogens with two attached hydrogens (primary N) is 1. The van der Waals surface area contributed by atoms with Crippen molar-refractivity contribution < 1.29 is 9.90 Å². The van der Waals surface area contributed by atoms with Gasteiger partial charge in [-0.3, -0.25) is 4.79 Å². The lowest BCUT2D eigenvalue weighted by molar-refractivity contribution is -0.130. The molecule has 0 aliphatic carbocycles. The number of halogens is 1. The van der Waals surface area contributed by atoms with Gasteiger partial charge >= 0.3 is 0 Å². The summed E-state index contributed by atoms with van der Waals surface area (Å²) in [6, 6.07) is 13.6. The van der Waals surface area contributed by atoms with E-state index in [1.54, 1.807) is 29.2 Å². The van der Waals surface area contributed by atoms with E-state index < -0.39 is 6.04 Å². The number of phenols is 1. The van der Waals surface area contributed by atoms with Crippen LogP contribution in [0.25, 0.3) is 0 Å². The minimum Gasteiger partial charge on any atom is -0.508 e. The number of amides is 1. The Hall–Kier alpha value is -2.04. The molecular formula is C17H17ClN2O2. The molecule has 0 aromatic heterocycles. The van der Waals surface area contributed by atoms with Crippen molar-refractivity contribution in [3.05, 3.63) is 64.7 Å². The van der Waals surface area contributed by atoms with E-state index in [0.29, 0.717) is 18.0 Å². The van der Waals surface area contributed by atoms with Crippen molar-refractivity contribution in [2.75, 3.05) is 6.54 Å². The molecule has 1 heterocycles. The molecule has 0 bridgehead atoms. The second kappa shape index (κ2) is 5.99. The topological polar surface area (TPSA) is 66.6 Å². The van der Waals surface area contributed by atoms with Crippen molar-refractivity contribution in [1.29, 1.82) is 0 Å². The number of benzene rings is 2. The second-order valence-electron chi connectivity index (χ2n) is 5.48. The predicted molar refractivity (Wildman–Crippen MR) is 85.7 cm³/mol. The molecule has 1 aliphatic rings. The van der Waals surface area contributed by atoms with Gasteiger partial charge in [0.15, 0.2) is 0 Å². The Bertz CT molecular complexity index is 659. The summed E-state index contributed by atoms with van der Waals surface area (Å²) in [5.41, 5.74) is 7.60. The highest BCUT2D eigenvalue weighted by Crippen LogP contribution is 2.34. The van der Waals surface area contributed by atoms with E-state index in [1.807, 2.05) is 24.3 Å². The van der Waals surface area contributed by atoms with Crippen molar-refractivity contribution in [3.63, 3.8) is 0 Å². The van der Waals surface area contributed by atoms with Crippen LogP contribution >= 0.6 is 11.6 Å². The van der Waals surface area contributed by atoms with Crippen LogP contribution in [0.5, 0.6) is 5.75 Å². The maximum atomic E-state index is 12.4. The van der Waals surface area contributed by atoms with Crippen LogP contribution in [-0.2, 0) is 4.79 Å². The molecule has 0 radical (unpaired) electrons. The number of carbonyl (C=O) groups is 1. The number of nitrogens with zero attached hydrogens (tertiary/aromatic N) is 1. The van der Waals surface area contributed by atoms with Crippen LogP contribution in [0.3, 0.4) is 0 Å². The zero-order valence-corrected chi connectivity index (χ0v) is 12.7. The molecule has 0 saturated carbocycles. The molecule has 1 unspecified atom stereocenters. The maximum absolute atomic E-state index is 12.4. The van der Waals surface area contributed by atoms with Crippen molar-refractivity contribution in [2.45, 2.75) is 18.5 Å². The quantitative estimate of drug-likeness (QED) is 0.915. The van der Waals surface area contributed by atoms with E-state index in [4.69, 9.17) is 17.3 Å². The third-order valence-electron chi connectivity index (χ3n) is 3.94. The first-order valence-corrected chi connectivity index (χ1v) is 7.54. The SMILES string of the molecule is N[C@H]1CCN(C(c2cccc(O)c2)c2cccc(Cl)c2)C1=O. The number of phenolic OH excluding ortho intramolecular Hbond substituents is 1. The first-order valence-electron chi connectivity index (χ1n) is 7.17. The highest BCUT2D eigenvalue weighted by atomic mass is 35.5. The fraction of sp³-hybridized carbons (Fsp3) is 0.235. The lowest BCUT2D eigenvalue weighted by atomic mass is 9.97. The summed E-state index contributed by atoms with van der Waals surface area (Å²) < 4.78 is 0. The summed E-state index contributed by atoms with van der Waals surface area (Å²) in [6.07, 6.45) is 0.634. The highest BCUT2D eigenvalue weighted by molar-refractivity contribution is 6.30. The predicted octanol–water partition coefficient (Wildman–Crippen LogP) is 2.69. The summed E-state index contributed by atoms with van der Waals surface area (Å²) in [4.78, 5) is 14.1. The van der Waals surface area contributed by atoms with Crippen LogP contribution < -0.4 is 5.73 Å². The minimum absolute atomic E-state index is 0.0756. The number of carbonyl (C=O) groups excluding carboxylic acids is 1. The van der Waals surface area contributed by atoms with Gasteiger partial charge in [-0.15, -0.1) is 0 Å². The molecule has 4 nitrogen and oxygen atoms in total. The van der Waals surface area contributed by atoms with E-state index in [9.17, 15) is 9.90 Å². The lowest BCUT2D eigenvalue weighted by Gasteiger charge is -2.29. The molecule has 5 heteroatoms. The van der Waals surface area contributed by atoms with Gasteiger partial charge in [0.25, 0.3) is 0 Å². The Morgan fingerprint density at radius 3 is 2.45 bits per heavy atom. The van der Waals surface area contributed by atoms with Crippen LogP contribution in [0.1, 0.15) is 23.6 Å².